The molecule has 0 saturated heterocycles. The highest BCUT2D eigenvalue weighted by Crippen LogP contribution is 2.39. The molecular weight excluding hydrogens is 558 g/mol. The molecule has 2 aliphatic rings. The minimum absolute atomic E-state index is 0.0216. The van der Waals surface area contributed by atoms with Gasteiger partial charge in [-0.3, -0.25) is 14.0 Å². The number of hydrogen-bond acceptors (Lipinski definition) is 8. The molecule has 3 aromatic heterocycles. The van der Waals surface area contributed by atoms with Crippen LogP contribution in [0.25, 0.3) is 22.9 Å². The maximum absolute atomic E-state index is 12.8. The molecule has 2 atom stereocenters. The van der Waals surface area contributed by atoms with Crippen molar-refractivity contribution in [3.05, 3.63) is 65.4 Å². The van der Waals surface area contributed by atoms with Crippen LogP contribution in [0.15, 0.2) is 47.1 Å². The van der Waals surface area contributed by atoms with E-state index in [9.17, 15) is 9.59 Å². The van der Waals surface area contributed by atoms with Crippen LogP contribution in [0.1, 0.15) is 81.6 Å². The number of rotatable bonds is 4. The highest BCUT2D eigenvalue weighted by atomic mass is 16.5. The van der Waals surface area contributed by atoms with Crippen molar-refractivity contribution in [1.82, 2.24) is 24.8 Å². The first-order valence-corrected chi connectivity index (χ1v) is 15.2. The van der Waals surface area contributed by atoms with Gasteiger partial charge in [-0.15, -0.1) is 0 Å². The van der Waals surface area contributed by atoms with Crippen LogP contribution >= 0.6 is 0 Å². The lowest BCUT2D eigenvalue weighted by Gasteiger charge is -2.14. The number of benzene rings is 1. The second kappa shape index (κ2) is 12.2. The average Bonchev–Trinajstić information content (AvgIpc) is 3.73. The van der Waals surface area contributed by atoms with Crippen LogP contribution in [0.4, 0.5) is 11.6 Å². The standard InChI is InChI=1S/C33H39N7O4/c1-33(2,3)25-18-26(39-44-25)37-28(42)16-20-7-9-21(10-8-20)29-30-31(34)35-19-24-6-4-5-14-43-15-13-27(41)36-23-12-11-22(17-23)32(38-29)40(24)30/h4,6-10,18-19,22-23H,5,11-17H2,1-3H3,(H2,34,35)(H,36,41)(H,37,39,42)/b6-4+/t22-,23-/m1/s1. The number of nitrogens with two attached hydrogens (primary N) is 1. The third-order valence-electron chi connectivity index (χ3n) is 8.20. The Labute approximate surface area is 256 Å². The van der Waals surface area contributed by atoms with Gasteiger partial charge in [0, 0.05) is 35.4 Å². The Balaban J connectivity index is 1.29. The summed E-state index contributed by atoms with van der Waals surface area (Å²) < 4.78 is 13.2. The van der Waals surface area contributed by atoms with Gasteiger partial charge < -0.3 is 25.6 Å². The Morgan fingerprint density at radius 2 is 2.00 bits per heavy atom. The predicted octanol–water partition coefficient (Wildman–Crippen LogP) is 5.02. The summed E-state index contributed by atoms with van der Waals surface area (Å²) in [6, 6.07) is 9.63. The van der Waals surface area contributed by atoms with E-state index in [0.717, 1.165) is 53.1 Å². The molecule has 4 aromatic rings. The minimum atomic E-state index is -0.198. The first-order chi connectivity index (χ1) is 21.2. The molecule has 1 aromatic carbocycles. The molecule has 230 valence electrons. The van der Waals surface area contributed by atoms with Gasteiger partial charge in [-0.1, -0.05) is 56.3 Å². The topological polar surface area (TPSA) is 150 Å². The number of fused-ring (bicyclic) bond motifs is 3. The number of nitrogens with zero attached hydrogens (tertiary/aromatic N) is 4. The van der Waals surface area contributed by atoms with E-state index in [1.807, 2.05) is 51.1 Å². The third-order valence-corrected chi connectivity index (χ3v) is 8.20. The minimum Gasteiger partial charge on any atom is -0.382 e. The number of imidazole rings is 1. The lowest BCUT2D eigenvalue weighted by molar-refractivity contribution is -0.122. The summed E-state index contributed by atoms with van der Waals surface area (Å²) in [7, 11) is 0. The van der Waals surface area contributed by atoms with Crippen molar-refractivity contribution in [2.75, 3.05) is 24.3 Å². The first-order valence-electron chi connectivity index (χ1n) is 15.2. The van der Waals surface area contributed by atoms with Crippen LogP contribution in [0.5, 0.6) is 0 Å². The molecule has 1 aliphatic heterocycles. The van der Waals surface area contributed by atoms with Crippen molar-refractivity contribution in [2.45, 2.75) is 76.7 Å². The van der Waals surface area contributed by atoms with Crippen molar-refractivity contribution in [3.8, 4) is 11.3 Å². The number of ether oxygens (including phenoxy) is 1. The molecule has 11 nitrogen and oxygen atoms in total. The second-order valence-corrected chi connectivity index (χ2v) is 12.6. The SMILES string of the molecule is CC(C)(C)c1cc(NC(=O)Cc2ccc(-c3nc4n5c(cnc(N)c35)/C=C/CCOCCC(=O)N[C@@H]3CC[C@@H]4C3)cc2)no1. The molecule has 0 spiro atoms. The lowest BCUT2D eigenvalue weighted by atomic mass is 9.93. The molecule has 2 bridgehead atoms. The van der Waals surface area contributed by atoms with Crippen LogP contribution in [-0.2, 0) is 26.2 Å². The Morgan fingerprint density at radius 1 is 1.18 bits per heavy atom. The zero-order valence-electron chi connectivity index (χ0n) is 25.4. The Bertz CT molecular complexity index is 1700. The summed E-state index contributed by atoms with van der Waals surface area (Å²) in [6.07, 6.45) is 9.71. The van der Waals surface area contributed by atoms with E-state index in [2.05, 4.69) is 31.3 Å². The smallest absolute Gasteiger partial charge is 0.230 e. The lowest BCUT2D eigenvalue weighted by Crippen LogP contribution is -2.33. The van der Waals surface area contributed by atoms with E-state index in [4.69, 9.17) is 20.0 Å². The molecule has 1 aliphatic carbocycles. The number of nitrogen functional groups attached to an aromatic ring is 1. The fourth-order valence-corrected chi connectivity index (χ4v) is 5.89. The van der Waals surface area contributed by atoms with E-state index in [1.165, 1.54) is 0 Å². The van der Waals surface area contributed by atoms with Gasteiger partial charge >= 0.3 is 0 Å². The molecular formula is C33H39N7O4. The largest absolute Gasteiger partial charge is 0.382 e. The zero-order chi connectivity index (χ0) is 30.8. The summed E-state index contributed by atoms with van der Waals surface area (Å²) in [5.74, 6) is 2.41. The maximum Gasteiger partial charge on any atom is 0.230 e. The van der Waals surface area contributed by atoms with E-state index >= 15 is 0 Å². The first kappa shape index (κ1) is 29.6. The highest BCUT2D eigenvalue weighted by Gasteiger charge is 2.32. The molecule has 11 heteroatoms. The van der Waals surface area contributed by atoms with Crippen molar-refractivity contribution in [3.63, 3.8) is 0 Å². The van der Waals surface area contributed by atoms with Gasteiger partial charge in [-0.2, -0.15) is 0 Å². The van der Waals surface area contributed by atoms with E-state index in [0.29, 0.717) is 43.5 Å². The van der Waals surface area contributed by atoms with Crippen molar-refractivity contribution in [2.24, 2.45) is 0 Å². The molecule has 1 fully saturated rings. The van der Waals surface area contributed by atoms with Gasteiger partial charge in [0.25, 0.3) is 0 Å². The van der Waals surface area contributed by atoms with Gasteiger partial charge in [0.1, 0.15) is 28.6 Å². The third kappa shape index (κ3) is 6.37. The van der Waals surface area contributed by atoms with Gasteiger partial charge in [0.2, 0.25) is 11.8 Å². The number of hydrogen-bond donors (Lipinski definition) is 3. The van der Waals surface area contributed by atoms with Crippen LogP contribution in [0.2, 0.25) is 0 Å². The van der Waals surface area contributed by atoms with Crippen molar-refractivity contribution >= 4 is 35.0 Å². The van der Waals surface area contributed by atoms with Gasteiger partial charge in [-0.05, 0) is 37.3 Å². The molecule has 1 saturated carbocycles. The summed E-state index contributed by atoms with van der Waals surface area (Å²) in [5, 5.41) is 9.98. The predicted molar refractivity (Wildman–Crippen MR) is 168 cm³/mol. The molecule has 4 N–H and O–H groups in total. The molecule has 44 heavy (non-hydrogen) atoms. The highest BCUT2D eigenvalue weighted by molar-refractivity contribution is 5.91. The van der Waals surface area contributed by atoms with Crippen LogP contribution in [-0.4, -0.2) is 50.6 Å². The molecule has 6 rings (SSSR count). The Kier molecular flexibility index (Phi) is 8.22. The van der Waals surface area contributed by atoms with Gasteiger partial charge in [-0.25, -0.2) is 9.97 Å². The second-order valence-electron chi connectivity index (χ2n) is 12.6. The van der Waals surface area contributed by atoms with Gasteiger partial charge in [0.05, 0.1) is 31.5 Å². The van der Waals surface area contributed by atoms with E-state index in [1.54, 1.807) is 12.3 Å². The van der Waals surface area contributed by atoms with Crippen LogP contribution in [0.3, 0.4) is 0 Å². The van der Waals surface area contributed by atoms with Crippen LogP contribution < -0.4 is 16.4 Å². The fourth-order valence-electron chi connectivity index (χ4n) is 5.89. The number of nitrogens with one attached hydrogen (secondary N) is 2. The fraction of sp³-hybridized carbons (Fsp3) is 0.424. The van der Waals surface area contributed by atoms with Crippen LogP contribution in [0, 0.1) is 0 Å². The summed E-state index contributed by atoms with van der Waals surface area (Å²) in [6.45, 7) is 7.02. The quantitative estimate of drug-likeness (QED) is 0.297. The summed E-state index contributed by atoms with van der Waals surface area (Å²) >= 11 is 0. The van der Waals surface area contributed by atoms with E-state index in [-0.39, 0.29) is 35.6 Å². The zero-order valence-corrected chi connectivity index (χ0v) is 25.4. The monoisotopic (exact) mass is 597 g/mol. The molecule has 2 amide bonds. The van der Waals surface area contributed by atoms with Gasteiger partial charge in [0.15, 0.2) is 5.82 Å². The Morgan fingerprint density at radius 3 is 2.77 bits per heavy atom. The maximum atomic E-state index is 12.8. The average molecular weight is 598 g/mol. The Hall–Kier alpha value is -4.51. The number of aromatic nitrogens is 4. The summed E-state index contributed by atoms with van der Waals surface area (Å²) in [4.78, 5) is 34.9. The number of anilines is 2. The summed E-state index contributed by atoms with van der Waals surface area (Å²) in [5.41, 5.74) is 10.4. The normalized spacial score (nSPS) is 20.1. The number of carbonyl (C=O) groups is 2. The molecule has 4 heterocycles. The van der Waals surface area contributed by atoms with Crippen molar-refractivity contribution in [1.29, 1.82) is 0 Å². The molecule has 0 unspecified atom stereocenters. The number of carbonyl (C=O) groups excluding carboxylic acids is 2. The van der Waals surface area contributed by atoms with Crippen molar-refractivity contribution < 1.29 is 18.8 Å². The molecule has 0 radical (unpaired) electrons. The number of amides is 2. The van der Waals surface area contributed by atoms with E-state index < -0.39 is 0 Å².